The topological polar surface area (TPSA) is 30.5 Å². The molecule has 0 amide bonds. The molecule has 0 saturated heterocycles. The molecule has 1 aromatic carbocycles. The van der Waals surface area contributed by atoms with E-state index in [0.717, 1.165) is 10.0 Å². The van der Waals surface area contributed by atoms with Crippen LogP contribution >= 0.6 is 27.5 Å². The Morgan fingerprint density at radius 2 is 1.94 bits per heavy atom. The molecule has 0 radical (unpaired) electrons. The Morgan fingerprint density at radius 3 is 2.50 bits per heavy atom. The van der Waals surface area contributed by atoms with E-state index < -0.39 is 0 Å². The summed E-state index contributed by atoms with van der Waals surface area (Å²) < 4.78 is 11.9. The van der Waals surface area contributed by atoms with E-state index in [9.17, 15) is 0 Å². The molecular formula is C13H19BrClNO2. The van der Waals surface area contributed by atoms with Crippen molar-refractivity contribution in [2.75, 3.05) is 19.8 Å². The van der Waals surface area contributed by atoms with Gasteiger partial charge in [0.15, 0.2) is 6.29 Å². The molecule has 0 heterocycles. The minimum absolute atomic E-state index is 0.256. The Hall–Kier alpha value is -0.130. The van der Waals surface area contributed by atoms with Crippen LogP contribution in [-0.2, 0) is 9.47 Å². The van der Waals surface area contributed by atoms with Crippen molar-refractivity contribution in [1.29, 1.82) is 0 Å². The highest BCUT2D eigenvalue weighted by Crippen LogP contribution is 2.21. The van der Waals surface area contributed by atoms with Crippen LogP contribution in [0.1, 0.15) is 24.9 Å². The molecule has 18 heavy (non-hydrogen) atoms. The first-order valence-corrected chi connectivity index (χ1v) is 7.26. The molecule has 0 saturated carbocycles. The SMILES string of the molecule is CCOC(CNC(Cl)c1cccc(Br)c1)OCC. The molecule has 1 aromatic rings. The van der Waals surface area contributed by atoms with Crippen LogP contribution < -0.4 is 5.32 Å². The van der Waals surface area contributed by atoms with Crippen LogP contribution in [0, 0.1) is 0 Å². The molecule has 0 aromatic heterocycles. The maximum atomic E-state index is 6.28. The zero-order valence-electron chi connectivity index (χ0n) is 10.7. The van der Waals surface area contributed by atoms with Gasteiger partial charge in [0.05, 0.1) is 0 Å². The Balaban J connectivity index is 2.46. The van der Waals surface area contributed by atoms with Gasteiger partial charge in [0.1, 0.15) is 5.50 Å². The number of hydrogen-bond acceptors (Lipinski definition) is 3. The maximum absolute atomic E-state index is 6.28. The quantitative estimate of drug-likeness (QED) is 0.446. The van der Waals surface area contributed by atoms with Gasteiger partial charge < -0.3 is 9.47 Å². The van der Waals surface area contributed by atoms with Crippen molar-refractivity contribution >= 4 is 27.5 Å². The van der Waals surface area contributed by atoms with Gasteiger partial charge in [-0.2, -0.15) is 0 Å². The standard InChI is InChI=1S/C13H19BrClNO2/c1-3-17-12(18-4-2)9-16-13(15)10-6-5-7-11(14)8-10/h5-8,12-13,16H,3-4,9H2,1-2H3. The molecule has 0 aliphatic heterocycles. The normalized spacial score (nSPS) is 12.9. The van der Waals surface area contributed by atoms with E-state index in [-0.39, 0.29) is 11.8 Å². The van der Waals surface area contributed by atoms with Gasteiger partial charge in [-0.15, -0.1) is 11.6 Å². The van der Waals surface area contributed by atoms with Gasteiger partial charge in [0, 0.05) is 24.2 Å². The van der Waals surface area contributed by atoms with Crippen molar-refractivity contribution < 1.29 is 9.47 Å². The third kappa shape index (κ3) is 5.67. The summed E-state index contributed by atoms with van der Waals surface area (Å²) >= 11 is 9.70. The summed E-state index contributed by atoms with van der Waals surface area (Å²) in [6.07, 6.45) is -0.256. The molecule has 5 heteroatoms. The van der Waals surface area contributed by atoms with Crippen LogP contribution in [0.2, 0.25) is 0 Å². The van der Waals surface area contributed by atoms with E-state index in [1.54, 1.807) is 0 Å². The predicted octanol–water partition coefficient (Wildman–Crippen LogP) is 3.68. The molecular weight excluding hydrogens is 318 g/mol. The van der Waals surface area contributed by atoms with Gasteiger partial charge in [-0.1, -0.05) is 28.1 Å². The lowest BCUT2D eigenvalue weighted by Gasteiger charge is -2.20. The second-order valence-electron chi connectivity index (χ2n) is 3.67. The van der Waals surface area contributed by atoms with Gasteiger partial charge in [-0.3, -0.25) is 5.32 Å². The molecule has 1 rings (SSSR count). The summed E-state index contributed by atoms with van der Waals surface area (Å²) in [7, 11) is 0. The molecule has 0 aliphatic carbocycles. The van der Waals surface area contributed by atoms with Crippen LogP contribution in [0.15, 0.2) is 28.7 Å². The monoisotopic (exact) mass is 335 g/mol. The van der Waals surface area contributed by atoms with E-state index in [4.69, 9.17) is 21.1 Å². The van der Waals surface area contributed by atoms with Crippen molar-refractivity contribution in [2.45, 2.75) is 25.6 Å². The van der Waals surface area contributed by atoms with Crippen LogP contribution in [-0.4, -0.2) is 26.0 Å². The lowest BCUT2D eigenvalue weighted by molar-refractivity contribution is -0.133. The van der Waals surface area contributed by atoms with E-state index in [2.05, 4.69) is 21.2 Å². The zero-order chi connectivity index (χ0) is 13.4. The van der Waals surface area contributed by atoms with Crippen molar-refractivity contribution in [3.05, 3.63) is 34.3 Å². The zero-order valence-corrected chi connectivity index (χ0v) is 13.0. The number of rotatable bonds is 8. The molecule has 0 fully saturated rings. The fourth-order valence-corrected chi connectivity index (χ4v) is 2.16. The summed E-state index contributed by atoms with van der Waals surface area (Å²) in [5.74, 6) is 0. The number of ether oxygens (including phenoxy) is 2. The van der Waals surface area contributed by atoms with Crippen molar-refractivity contribution in [2.24, 2.45) is 0 Å². The summed E-state index contributed by atoms with van der Waals surface area (Å²) in [6.45, 7) is 5.69. The van der Waals surface area contributed by atoms with Gasteiger partial charge in [0.25, 0.3) is 0 Å². The Kier molecular flexibility index (Phi) is 7.86. The second-order valence-corrected chi connectivity index (χ2v) is 5.02. The fraction of sp³-hybridized carbons (Fsp3) is 0.538. The van der Waals surface area contributed by atoms with Crippen molar-refractivity contribution in [3.63, 3.8) is 0 Å². The molecule has 1 unspecified atom stereocenters. The third-order valence-electron chi connectivity index (χ3n) is 2.31. The van der Waals surface area contributed by atoms with Gasteiger partial charge in [-0.05, 0) is 31.5 Å². The van der Waals surface area contributed by atoms with Crippen molar-refractivity contribution in [1.82, 2.24) is 5.32 Å². The largest absolute Gasteiger partial charge is 0.352 e. The van der Waals surface area contributed by atoms with Crippen LogP contribution in [0.5, 0.6) is 0 Å². The van der Waals surface area contributed by atoms with E-state index in [0.29, 0.717) is 19.8 Å². The smallest absolute Gasteiger partial charge is 0.169 e. The molecule has 0 bridgehead atoms. The minimum atomic E-state index is -0.258. The molecule has 1 atom stereocenters. The molecule has 1 N–H and O–H groups in total. The lowest BCUT2D eigenvalue weighted by Crippen LogP contribution is -2.32. The first-order valence-electron chi connectivity index (χ1n) is 6.03. The number of alkyl halides is 1. The number of hydrogen-bond donors (Lipinski definition) is 1. The molecule has 0 spiro atoms. The summed E-state index contributed by atoms with van der Waals surface area (Å²) in [6, 6.07) is 7.89. The molecule has 3 nitrogen and oxygen atoms in total. The van der Waals surface area contributed by atoms with E-state index in [1.807, 2.05) is 38.1 Å². The average molecular weight is 337 g/mol. The number of halogens is 2. The van der Waals surface area contributed by atoms with Gasteiger partial charge >= 0.3 is 0 Å². The fourth-order valence-electron chi connectivity index (χ4n) is 1.52. The molecule has 102 valence electrons. The van der Waals surface area contributed by atoms with Gasteiger partial charge in [-0.25, -0.2) is 0 Å². The highest BCUT2D eigenvalue weighted by molar-refractivity contribution is 9.10. The molecule has 0 aliphatic rings. The van der Waals surface area contributed by atoms with Gasteiger partial charge in [0.2, 0.25) is 0 Å². The highest BCUT2D eigenvalue weighted by Gasteiger charge is 2.12. The van der Waals surface area contributed by atoms with Crippen LogP contribution in [0.25, 0.3) is 0 Å². The summed E-state index contributed by atoms with van der Waals surface area (Å²) in [5.41, 5.74) is 0.753. The first kappa shape index (κ1) is 15.9. The number of nitrogens with one attached hydrogen (secondary N) is 1. The second kappa shape index (κ2) is 8.88. The first-order chi connectivity index (χ1) is 8.67. The highest BCUT2D eigenvalue weighted by atomic mass is 79.9. The van der Waals surface area contributed by atoms with E-state index in [1.165, 1.54) is 0 Å². The minimum Gasteiger partial charge on any atom is -0.352 e. The van der Waals surface area contributed by atoms with E-state index >= 15 is 0 Å². The predicted molar refractivity (Wildman–Crippen MR) is 77.8 cm³/mol. The lowest BCUT2D eigenvalue weighted by atomic mass is 10.2. The summed E-state index contributed by atoms with van der Waals surface area (Å²) in [5, 5.41) is 3.19. The van der Waals surface area contributed by atoms with Crippen LogP contribution in [0.4, 0.5) is 0 Å². The Morgan fingerprint density at radius 1 is 1.28 bits per heavy atom. The Labute approximate surface area is 122 Å². The van der Waals surface area contributed by atoms with Crippen LogP contribution in [0.3, 0.4) is 0 Å². The third-order valence-corrected chi connectivity index (χ3v) is 3.21. The summed E-state index contributed by atoms with van der Waals surface area (Å²) in [4.78, 5) is 0. The number of benzene rings is 1. The van der Waals surface area contributed by atoms with Crippen molar-refractivity contribution in [3.8, 4) is 0 Å². The maximum Gasteiger partial charge on any atom is 0.169 e. The average Bonchev–Trinajstić information content (AvgIpc) is 2.36. The Bertz CT molecular complexity index is 346.